The molecule has 0 bridgehead atoms. The van der Waals surface area contributed by atoms with Gasteiger partial charge in [-0.2, -0.15) is 0 Å². The molecule has 7 heteroatoms. The Labute approximate surface area is 168 Å². The molecule has 4 heterocycles. The Kier molecular flexibility index (Phi) is 4.80. The van der Waals surface area contributed by atoms with E-state index in [9.17, 15) is 4.79 Å². The van der Waals surface area contributed by atoms with Crippen LogP contribution in [0.15, 0.2) is 55.2 Å². The van der Waals surface area contributed by atoms with Crippen LogP contribution in [0.25, 0.3) is 22.3 Å². The molecule has 0 fully saturated rings. The highest BCUT2D eigenvalue weighted by Gasteiger charge is 2.15. The van der Waals surface area contributed by atoms with E-state index in [-0.39, 0.29) is 11.3 Å². The zero-order valence-electron chi connectivity index (χ0n) is 16.6. The van der Waals surface area contributed by atoms with Crippen molar-refractivity contribution in [2.75, 3.05) is 0 Å². The van der Waals surface area contributed by atoms with Crippen molar-refractivity contribution in [3.05, 3.63) is 72.2 Å². The Balaban J connectivity index is 1.43. The molecule has 0 aliphatic carbocycles. The van der Waals surface area contributed by atoms with E-state index >= 15 is 0 Å². The molecule has 0 aliphatic rings. The molecule has 4 aromatic heterocycles. The predicted octanol–water partition coefficient (Wildman–Crippen LogP) is 3.64. The maximum atomic E-state index is 12.4. The van der Waals surface area contributed by atoms with Crippen LogP contribution in [0.4, 0.5) is 0 Å². The minimum absolute atomic E-state index is 0.00329. The summed E-state index contributed by atoms with van der Waals surface area (Å²) in [6, 6.07) is 9.46. The highest BCUT2D eigenvalue weighted by atomic mass is 16.1. The van der Waals surface area contributed by atoms with Gasteiger partial charge in [0.25, 0.3) is 5.91 Å². The van der Waals surface area contributed by atoms with E-state index in [0.717, 1.165) is 33.5 Å². The van der Waals surface area contributed by atoms with Crippen molar-refractivity contribution in [2.45, 2.75) is 32.7 Å². The summed E-state index contributed by atoms with van der Waals surface area (Å²) >= 11 is 0. The average molecular weight is 386 g/mol. The van der Waals surface area contributed by atoms with Gasteiger partial charge in [-0.3, -0.25) is 14.8 Å². The fraction of sp³-hybridized carbons (Fsp3) is 0.227. The van der Waals surface area contributed by atoms with Gasteiger partial charge < -0.3 is 10.3 Å². The summed E-state index contributed by atoms with van der Waals surface area (Å²) in [5, 5.41) is 3.81. The second-order valence-corrected chi connectivity index (χ2v) is 7.87. The van der Waals surface area contributed by atoms with Crippen molar-refractivity contribution in [1.82, 2.24) is 30.2 Å². The van der Waals surface area contributed by atoms with Gasteiger partial charge in [-0.25, -0.2) is 9.97 Å². The van der Waals surface area contributed by atoms with Crippen molar-refractivity contribution < 1.29 is 4.79 Å². The Morgan fingerprint density at radius 2 is 1.86 bits per heavy atom. The van der Waals surface area contributed by atoms with Crippen LogP contribution in [0.1, 0.15) is 42.5 Å². The number of rotatable bonds is 4. The second kappa shape index (κ2) is 7.43. The summed E-state index contributed by atoms with van der Waals surface area (Å²) in [6.07, 6.45) is 6.88. The lowest BCUT2D eigenvalue weighted by atomic mass is 9.88. The molecule has 0 aliphatic heterocycles. The molecule has 4 rings (SSSR count). The standard InChI is InChI=1S/C22H22N6O/c1-22(2,3)15-5-7-18(25-11-15)21(29)26-12-16-6-4-14(10-24-16)19-17-8-9-23-20(17)28-13-27-19/h4-11,13H,12H2,1-3H3,(H,26,29)(H,23,27,28). The van der Waals surface area contributed by atoms with Crippen LogP contribution in [0.3, 0.4) is 0 Å². The van der Waals surface area contributed by atoms with E-state index in [1.807, 2.05) is 30.5 Å². The number of aromatic nitrogens is 5. The van der Waals surface area contributed by atoms with Gasteiger partial charge in [-0.15, -0.1) is 0 Å². The Hall–Kier alpha value is -3.61. The third kappa shape index (κ3) is 3.99. The molecule has 29 heavy (non-hydrogen) atoms. The summed E-state index contributed by atoms with van der Waals surface area (Å²) in [6.45, 7) is 6.66. The largest absolute Gasteiger partial charge is 0.346 e. The quantitative estimate of drug-likeness (QED) is 0.558. The monoisotopic (exact) mass is 386 g/mol. The molecular weight excluding hydrogens is 364 g/mol. The van der Waals surface area contributed by atoms with Crippen LogP contribution in [0, 0.1) is 0 Å². The summed E-state index contributed by atoms with van der Waals surface area (Å²) in [5.74, 6) is -0.221. The van der Waals surface area contributed by atoms with Gasteiger partial charge in [0.15, 0.2) is 0 Å². The molecule has 0 spiro atoms. The number of nitrogens with one attached hydrogen (secondary N) is 2. The maximum Gasteiger partial charge on any atom is 0.270 e. The molecule has 146 valence electrons. The first-order valence-electron chi connectivity index (χ1n) is 9.40. The summed E-state index contributed by atoms with van der Waals surface area (Å²) in [5.41, 5.74) is 4.75. The lowest BCUT2D eigenvalue weighted by molar-refractivity contribution is 0.0945. The first kappa shape index (κ1) is 18.7. The zero-order valence-corrected chi connectivity index (χ0v) is 16.6. The van der Waals surface area contributed by atoms with Crippen LogP contribution in [0.5, 0.6) is 0 Å². The molecule has 1 amide bonds. The average Bonchev–Trinajstić information content (AvgIpc) is 3.21. The van der Waals surface area contributed by atoms with Crippen LogP contribution < -0.4 is 5.32 Å². The number of aromatic amines is 1. The van der Waals surface area contributed by atoms with Crippen LogP contribution >= 0.6 is 0 Å². The number of pyridine rings is 2. The summed E-state index contributed by atoms with van der Waals surface area (Å²) in [4.78, 5) is 32.7. The Bertz CT molecular complexity index is 1140. The number of amides is 1. The second-order valence-electron chi connectivity index (χ2n) is 7.87. The SMILES string of the molecule is CC(C)(C)c1ccc(C(=O)NCc2ccc(-c3ncnc4[nH]ccc34)cn2)nc1. The molecule has 0 saturated carbocycles. The van der Waals surface area contributed by atoms with E-state index in [1.165, 1.54) is 6.33 Å². The molecule has 0 saturated heterocycles. The molecular formula is C22H22N6O. The van der Waals surface area contributed by atoms with Gasteiger partial charge in [-0.1, -0.05) is 26.8 Å². The number of hydrogen-bond acceptors (Lipinski definition) is 5. The number of carbonyl (C=O) groups excluding carboxylic acids is 1. The van der Waals surface area contributed by atoms with Crippen molar-refractivity contribution in [3.63, 3.8) is 0 Å². The minimum Gasteiger partial charge on any atom is -0.346 e. The highest BCUT2D eigenvalue weighted by Crippen LogP contribution is 2.24. The number of nitrogens with zero attached hydrogens (tertiary/aromatic N) is 4. The number of H-pyrrole nitrogens is 1. The molecule has 0 unspecified atom stereocenters. The lowest BCUT2D eigenvalue weighted by Gasteiger charge is -2.18. The third-order valence-corrected chi connectivity index (χ3v) is 4.74. The van der Waals surface area contributed by atoms with Gasteiger partial charge in [0, 0.05) is 29.5 Å². The molecule has 2 N–H and O–H groups in total. The minimum atomic E-state index is -0.221. The van der Waals surface area contributed by atoms with Crippen LogP contribution in [-0.4, -0.2) is 30.8 Å². The van der Waals surface area contributed by atoms with Crippen LogP contribution in [0.2, 0.25) is 0 Å². The molecule has 0 atom stereocenters. The van der Waals surface area contributed by atoms with Gasteiger partial charge in [0.05, 0.1) is 17.9 Å². The summed E-state index contributed by atoms with van der Waals surface area (Å²) < 4.78 is 0. The third-order valence-electron chi connectivity index (χ3n) is 4.74. The van der Waals surface area contributed by atoms with Gasteiger partial charge in [-0.05, 0) is 35.2 Å². The van der Waals surface area contributed by atoms with E-state index < -0.39 is 0 Å². The van der Waals surface area contributed by atoms with Crippen LogP contribution in [-0.2, 0) is 12.0 Å². The first-order chi connectivity index (χ1) is 13.9. The lowest BCUT2D eigenvalue weighted by Crippen LogP contribution is -2.24. The first-order valence-corrected chi connectivity index (χ1v) is 9.40. The van der Waals surface area contributed by atoms with E-state index in [4.69, 9.17) is 0 Å². The van der Waals surface area contributed by atoms with E-state index in [0.29, 0.717) is 12.2 Å². The number of fused-ring (bicyclic) bond motifs is 1. The van der Waals surface area contributed by atoms with Crippen molar-refractivity contribution in [1.29, 1.82) is 0 Å². The van der Waals surface area contributed by atoms with Crippen molar-refractivity contribution in [3.8, 4) is 11.3 Å². The maximum absolute atomic E-state index is 12.4. The van der Waals surface area contributed by atoms with Gasteiger partial charge in [0.2, 0.25) is 0 Å². The van der Waals surface area contributed by atoms with Gasteiger partial charge in [0.1, 0.15) is 17.7 Å². The van der Waals surface area contributed by atoms with E-state index in [1.54, 1.807) is 18.5 Å². The number of carbonyl (C=O) groups is 1. The molecule has 7 nitrogen and oxygen atoms in total. The zero-order chi connectivity index (χ0) is 20.4. The Morgan fingerprint density at radius 1 is 1.00 bits per heavy atom. The fourth-order valence-electron chi connectivity index (χ4n) is 3.00. The Morgan fingerprint density at radius 3 is 2.55 bits per heavy atom. The topological polar surface area (TPSA) is 96.5 Å². The smallest absolute Gasteiger partial charge is 0.270 e. The predicted molar refractivity (Wildman–Crippen MR) is 111 cm³/mol. The normalized spacial score (nSPS) is 11.6. The number of hydrogen-bond donors (Lipinski definition) is 2. The fourth-order valence-corrected chi connectivity index (χ4v) is 3.00. The van der Waals surface area contributed by atoms with Gasteiger partial charge >= 0.3 is 0 Å². The molecule has 0 radical (unpaired) electrons. The van der Waals surface area contributed by atoms with Crippen molar-refractivity contribution in [2.24, 2.45) is 0 Å². The van der Waals surface area contributed by atoms with E-state index in [2.05, 4.69) is 51.0 Å². The highest BCUT2D eigenvalue weighted by molar-refractivity contribution is 5.92. The van der Waals surface area contributed by atoms with Crippen molar-refractivity contribution >= 4 is 16.9 Å². The summed E-state index contributed by atoms with van der Waals surface area (Å²) in [7, 11) is 0. The molecule has 0 aromatic carbocycles. The molecule has 4 aromatic rings.